The van der Waals surface area contributed by atoms with Crippen LogP contribution in [0, 0.1) is 5.92 Å². The lowest BCUT2D eigenvalue weighted by Gasteiger charge is -2.16. The molecule has 1 aliphatic rings. The summed E-state index contributed by atoms with van der Waals surface area (Å²) < 4.78 is 6.52. The van der Waals surface area contributed by atoms with Crippen LogP contribution in [0.15, 0.2) is 58.4 Å². The molecule has 1 aliphatic heterocycles. The summed E-state index contributed by atoms with van der Waals surface area (Å²) in [5.41, 5.74) is 3.52. The highest BCUT2D eigenvalue weighted by Crippen LogP contribution is 2.34. The highest BCUT2D eigenvalue weighted by molar-refractivity contribution is 9.10. The van der Waals surface area contributed by atoms with Crippen LogP contribution in [0.25, 0.3) is 10.6 Å². The third-order valence-electron chi connectivity index (χ3n) is 5.30. The van der Waals surface area contributed by atoms with Gasteiger partial charge in [0.1, 0.15) is 10.8 Å². The van der Waals surface area contributed by atoms with Gasteiger partial charge in [0.25, 0.3) is 0 Å². The van der Waals surface area contributed by atoms with Gasteiger partial charge in [-0.2, -0.15) is 0 Å². The summed E-state index contributed by atoms with van der Waals surface area (Å²) in [6.45, 7) is 5.26. The van der Waals surface area contributed by atoms with Crippen LogP contribution in [0.2, 0.25) is 0 Å². The number of hydrogen-bond acceptors (Lipinski definition) is 5. The molecule has 2 aromatic carbocycles. The second kappa shape index (κ2) is 9.85. The van der Waals surface area contributed by atoms with Crippen LogP contribution in [-0.2, 0) is 13.1 Å². The monoisotopic (exact) mass is 471 g/mol. The van der Waals surface area contributed by atoms with Crippen molar-refractivity contribution in [1.29, 1.82) is 0 Å². The molecular formula is C23H26BrN3OS. The Hall–Kier alpha value is -1.73. The van der Waals surface area contributed by atoms with Gasteiger partial charge in [0, 0.05) is 29.5 Å². The maximum Gasteiger partial charge on any atom is 0.129 e. The number of ether oxygens (including phenoxy) is 1. The molecule has 1 N–H and O–H groups in total. The first kappa shape index (κ1) is 20.5. The average molecular weight is 472 g/mol. The third kappa shape index (κ3) is 5.45. The van der Waals surface area contributed by atoms with Crippen molar-refractivity contribution < 1.29 is 4.74 Å². The molecule has 2 heterocycles. The van der Waals surface area contributed by atoms with Crippen LogP contribution < -0.4 is 10.1 Å². The Balaban J connectivity index is 1.26. The van der Waals surface area contributed by atoms with Crippen molar-refractivity contribution in [2.75, 3.05) is 26.7 Å². The smallest absolute Gasteiger partial charge is 0.129 e. The van der Waals surface area contributed by atoms with Crippen molar-refractivity contribution in [3.05, 3.63) is 69.6 Å². The van der Waals surface area contributed by atoms with Gasteiger partial charge in [0.05, 0.1) is 18.4 Å². The fourth-order valence-electron chi connectivity index (χ4n) is 3.83. The number of hydrogen-bond donors (Lipinski definition) is 1. The Kier molecular flexibility index (Phi) is 6.98. The standard InChI is InChI=1S/C23H26BrN3OS/c1-28-22-8-7-19(24)11-21(22)23-26-20(16-29-23)13-25-12-18-9-10-27(15-18)14-17-5-3-2-4-6-17/h2-8,11,16,18,25H,9-10,12-15H2,1H3/t18-/m1/s1. The number of halogens is 1. The summed E-state index contributed by atoms with van der Waals surface area (Å²) in [5, 5.41) is 6.74. The third-order valence-corrected chi connectivity index (χ3v) is 6.72. The molecule has 0 radical (unpaired) electrons. The predicted molar refractivity (Wildman–Crippen MR) is 123 cm³/mol. The summed E-state index contributed by atoms with van der Waals surface area (Å²) in [5.74, 6) is 1.56. The van der Waals surface area contributed by atoms with E-state index in [0.717, 1.165) is 46.1 Å². The maximum atomic E-state index is 5.49. The van der Waals surface area contributed by atoms with Gasteiger partial charge >= 0.3 is 0 Å². The average Bonchev–Trinajstić information content (AvgIpc) is 3.38. The number of likely N-dealkylation sites (tertiary alicyclic amines) is 1. The zero-order valence-corrected chi connectivity index (χ0v) is 19.0. The number of benzene rings is 2. The summed E-state index contributed by atoms with van der Waals surface area (Å²) >= 11 is 5.20. The van der Waals surface area contributed by atoms with Gasteiger partial charge < -0.3 is 10.1 Å². The fraction of sp³-hybridized carbons (Fsp3) is 0.348. The summed E-state index contributed by atoms with van der Waals surface area (Å²) in [4.78, 5) is 7.37. The molecule has 3 aromatic rings. The van der Waals surface area contributed by atoms with Crippen LogP contribution in [-0.4, -0.2) is 36.6 Å². The van der Waals surface area contributed by atoms with Crippen molar-refractivity contribution in [2.24, 2.45) is 5.92 Å². The molecule has 4 rings (SSSR count). The molecule has 0 spiro atoms. The second-order valence-electron chi connectivity index (χ2n) is 7.49. The number of aromatic nitrogens is 1. The van der Waals surface area contributed by atoms with E-state index in [0.29, 0.717) is 5.92 Å². The fourth-order valence-corrected chi connectivity index (χ4v) is 5.03. The lowest BCUT2D eigenvalue weighted by molar-refractivity contribution is 0.314. The van der Waals surface area contributed by atoms with Gasteiger partial charge in [-0.05, 0) is 49.2 Å². The quantitative estimate of drug-likeness (QED) is 0.490. The van der Waals surface area contributed by atoms with Crippen molar-refractivity contribution in [3.63, 3.8) is 0 Å². The van der Waals surface area contributed by atoms with E-state index in [9.17, 15) is 0 Å². The Labute approximate surface area is 185 Å². The largest absolute Gasteiger partial charge is 0.496 e. The van der Waals surface area contributed by atoms with Gasteiger partial charge in [-0.25, -0.2) is 4.98 Å². The van der Waals surface area contributed by atoms with E-state index in [2.05, 4.69) is 67.9 Å². The Morgan fingerprint density at radius 2 is 2.10 bits per heavy atom. The van der Waals surface area contributed by atoms with E-state index < -0.39 is 0 Å². The Morgan fingerprint density at radius 3 is 2.93 bits per heavy atom. The highest BCUT2D eigenvalue weighted by atomic mass is 79.9. The lowest BCUT2D eigenvalue weighted by Crippen LogP contribution is -2.26. The van der Waals surface area contributed by atoms with Crippen LogP contribution in [0.4, 0.5) is 0 Å². The molecule has 4 nitrogen and oxygen atoms in total. The van der Waals surface area contributed by atoms with E-state index in [4.69, 9.17) is 9.72 Å². The maximum absolute atomic E-state index is 5.49. The zero-order valence-electron chi connectivity index (χ0n) is 16.6. The first-order valence-electron chi connectivity index (χ1n) is 9.96. The number of methoxy groups -OCH3 is 1. The molecule has 29 heavy (non-hydrogen) atoms. The molecular weight excluding hydrogens is 446 g/mol. The molecule has 0 saturated carbocycles. The minimum atomic E-state index is 0.710. The van der Waals surface area contributed by atoms with E-state index in [1.807, 2.05) is 12.1 Å². The number of rotatable bonds is 8. The zero-order chi connectivity index (χ0) is 20.1. The minimum Gasteiger partial charge on any atom is -0.496 e. The molecule has 152 valence electrons. The SMILES string of the molecule is COc1ccc(Br)cc1-c1nc(CNC[C@H]2CCN(Cc3ccccc3)C2)cs1. The van der Waals surface area contributed by atoms with Crippen LogP contribution in [0.3, 0.4) is 0 Å². The van der Waals surface area contributed by atoms with Gasteiger partial charge in [-0.3, -0.25) is 4.90 Å². The second-order valence-corrected chi connectivity index (χ2v) is 9.27. The van der Waals surface area contributed by atoms with Crippen molar-refractivity contribution in [3.8, 4) is 16.3 Å². The van der Waals surface area contributed by atoms with E-state index in [-0.39, 0.29) is 0 Å². The first-order chi connectivity index (χ1) is 14.2. The van der Waals surface area contributed by atoms with Crippen LogP contribution in [0.1, 0.15) is 17.7 Å². The molecule has 0 bridgehead atoms. The van der Waals surface area contributed by atoms with E-state index >= 15 is 0 Å². The molecule has 6 heteroatoms. The highest BCUT2D eigenvalue weighted by Gasteiger charge is 2.22. The Bertz CT molecular complexity index is 931. The molecule has 1 fully saturated rings. The molecule has 0 aliphatic carbocycles. The minimum absolute atomic E-state index is 0.710. The van der Waals surface area contributed by atoms with Gasteiger partial charge in [0.15, 0.2) is 0 Å². The molecule has 1 atom stereocenters. The van der Waals surface area contributed by atoms with E-state index in [1.54, 1.807) is 18.4 Å². The molecule has 0 unspecified atom stereocenters. The van der Waals surface area contributed by atoms with Gasteiger partial charge in [0.2, 0.25) is 0 Å². The summed E-state index contributed by atoms with van der Waals surface area (Å²) in [6.07, 6.45) is 1.26. The number of nitrogens with zero attached hydrogens (tertiary/aromatic N) is 2. The van der Waals surface area contributed by atoms with Crippen molar-refractivity contribution >= 4 is 27.3 Å². The van der Waals surface area contributed by atoms with Crippen molar-refractivity contribution in [2.45, 2.75) is 19.5 Å². The summed E-state index contributed by atoms with van der Waals surface area (Å²) in [6, 6.07) is 16.8. The van der Waals surface area contributed by atoms with Crippen LogP contribution in [0.5, 0.6) is 5.75 Å². The van der Waals surface area contributed by atoms with Crippen molar-refractivity contribution in [1.82, 2.24) is 15.2 Å². The Morgan fingerprint density at radius 1 is 1.24 bits per heavy atom. The summed E-state index contributed by atoms with van der Waals surface area (Å²) in [7, 11) is 1.70. The molecule has 1 aromatic heterocycles. The van der Waals surface area contributed by atoms with E-state index in [1.165, 1.54) is 25.1 Å². The molecule has 1 saturated heterocycles. The number of nitrogens with one attached hydrogen (secondary N) is 1. The lowest BCUT2D eigenvalue weighted by atomic mass is 10.1. The van der Waals surface area contributed by atoms with Crippen LogP contribution >= 0.6 is 27.3 Å². The normalized spacial score (nSPS) is 17.0. The predicted octanol–water partition coefficient (Wildman–Crippen LogP) is 5.19. The number of thiazole rings is 1. The first-order valence-corrected chi connectivity index (χ1v) is 11.6. The molecule has 0 amide bonds. The topological polar surface area (TPSA) is 37.4 Å². The van der Waals surface area contributed by atoms with Gasteiger partial charge in [-0.15, -0.1) is 11.3 Å². The van der Waals surface area contributed by atoms with Gasteiger partial charge in [-0.1, -0.05) is 46.3 Å².